The third kappa shape index (κ3) is 4.66. The van der Waals surface area contributed by atoms with Gasteiger partial charge in [0.15, 0.2) is 0 Å². The van der Waals surface area contributed by atoms with Gasteiger partial charge in [-0.1, -0.05) is 0 Å². The molecule has 2 aliphatic rings. The van der Waals surface area contributed by atoms with Crippen LogP contribution in [0.3, 0.4) is 0 Å². The zero-order valence-electron chi connectivity index (χ0n) is 18.9. The van der Waals surface area contributed by atoms with Crippen LogP contribution in [0.25, 0.3) is 5.95 Å². The van der Waals surface area contributed by atoms with Crippen LogP contribution in [0.4, 0.5) is 4.39 Å². The SMILES string of the molecule is COc1cc(F)c([C@@H]2CN3CCN(C(=O)Cc4cnc(-n5cnnn5)nc4)C[C@H]3CO2)cc1C#N. The number of methoxy groups -OCH3 is 1. The molecule has 0 bridgehead atoms. The van der Waals surface area contributed by atoms with Crippen molar-refractivity contribution in [2.75, 3.05) is 39.9 Å². The van der Waals surface area contributed by atoms with Crippen LogP contribution >= 0.6 is 0 Å². The second-order valence-electron chi connectivity index (χ2n) is 8.32. The third-order valence-electron chi connectivity index (χ3n) is 6.23. The van der Waals surface area contributed by atoms with Crippen molar-refractivity contribution in [3.63, 3.8) is 0 Å². The van der Waals surface area contributed by atoms with Gasteiger partial charge in [0.1, 0.15) is 24.0 Å². The average molecular weight is 479 g/mol. The summed E-state index contributed by atoms with van der Waals surface area (Å²) in [4.78, 5) is 25.3. The summed E-state index contributed by atoms with van der Waals surface area (Å²) in [5, 5.41) is 20.2. The number of piperazine rings is 1. The molecule has 0 unspecified atom stereocenters. The number of hydrogen-bond donors (Lipinski definition) is 0. The molecule has 35 heavy (non-hydrogen) atoms. The Morgan fingerprint density at radius 1 is 1.29 bits per heavy atom. The maximum absolute atomic E-state index is 14.7. The third-order valence-corrected chi connectivity index (χ3v) is 6.23. The number of carbonyl (C=O) groups excluding carboxylic acids is 1. The number of carbonyl (C=O) groups is 1. The second kappa shape index (κ2) is 9.69. The largest absolute Gasteiger partial charge is 0.495 e. The minimum absolute atomic E-state index is 0.0131. The monoisotopic (exact) mass is 479 g/mol. The highest BCUT2D eigenvalue weighted by Gasteiger charge is 2.36. The number of ether oxygens (including phenoxy) is 2. The lowest BCUT2D eigenvalue weighted by atomic mass is 10.0. The number of benzene rings is 1. The number of nitriles is 1. The first-order valence-electron chi connectivity index (χ1n) is 11.0. The van der Waals surface area contributed by atoms with Gasteiger partial charge in [-0.05, 0) is 22.1 Å². The Labute approximate surface area is 199 Å². The molecular weight excluding hydrogens is 457 g/mol. The van der Waals surface area contributed by atoms with Gasteiger partial charge in [-0.15, -0.1) is 5.10 Å². The van der Waals surface area contributed by atoms with E-state index < -0.39 is 11.9 Å². The van der Waals surface area contributed by atoms with Crippen LogP contribution < -0.4 is 4.74 Å². The summed E-state index contributed by atoms with van der Waals surface area (Å²) in [5.74, 6) is 0.0331. The minimum atomic E-state index is -0.498. The maximum Gasteiger partial charge on any atom is 0.253 e. The first-order valence-corrected chi connectivity index (χ1v) is 11.0. The predicted molar refractivity (Wildman–Crippen MR) is 117 cm³/mol. The lowest BCUT2D eigenvalue weighted by Gasteiger charge is -2.46. The van der Waals surface area contributed by atoms with E-state index in [4.69, 9.17) is 9.47 Å². The highest BCUT2D eigenvalue weighted by atomic mass is 19.1. The fourth-order valence-corrected chi connectivity index (χ4v) is 4.37. The standard InChI is InChI=1S/C22H22FN9O3/c1-34-19-6-18(23)17(5-15(19)7-24)20-11-30-2-3-31(10-16(30)12-35-20)21(33)4-14-8-25-22(26-9-14)32-13-27-28-29-32/h5-6,8-9,13,16,20H,2-4,10-12H2,1H3/t16-,20-/m0/s1. The number of hydrogen-bond acceptors (Lipinski definition) is 10. The summed E-state index contributed by atoms with van der Waals surface area (Å²) in [6.45, 7) is 2.55. The van der Waals surface area contributed by atoms with E-state index in [0.29, 0.717) is 49.9 Å². The van der Waals surface area contributed by atoms with Crippen molar-refractivity contribution in [1.82, 2.24) is 40.0 Å². The Hall–Kier alpha value is -4.02. The molecule has 0 saturated carbocycles. The van der Waals surface area contributed by atoms with E-state index in [2.05, 4.69) is 30.4 Å². The van der Waals surface area contributed by atoms with E-state index in [1.165, 1.54) is 30.3 Å². The topological polar surface area (TPSA) is 135 Å². The number of morpholine rings is 1. The normalized spacial score (nSPS) is 20.2. The van der Waals surface area contributed by atoms with Gasteiger partial charge < -0.3 is 14.4 Å². The van der Waals surface area contributed by atoms with Gasteiger partial charge in [-0.2, -0.15) is 9.94 Å². The highest BCUT2D eigenvalue weighted by Crippen LogP contribution is 2.32. The molecule has 1 aromatic carbocycles. The van der Waals surface area contributed by atoms with E-state index >= 15 is 0 Å². The van der Waals surface area contributed by atoms with Crippen molar-refractivity contribution >= 4 is 5.91 Å². The number of nitrogens with zero attached hydrogens (tertiary/aromatic N) is 9. The van der Waals surface area contributed by atoms with Crippen LogP contribution in [0.2, 0.25) is 0 Å². The van der Waals surface area contributed by atoms with Crippen molar-refractivity contribution in [2.45, 2.75) is 18.6 Å². The number of rotatable bonds is 5. The summed E-state index contributed by atoms with van der Waals surface area (Å²) in [7, 11) is 1.40. The van der Waals surface area contributed by atoms with Crippen LogP contribution in [0.1, 0.15) is 22.8 Å². The van der Waals surface area contributed by atoms with Crippen LogP contribution in [-0.2, 0) is 16.0 Å². The zero-order chi connectivity index (χ0) is 24.4. The van der Waals surface area contributed by atoms with Crippen molar-refractivity contribution in [2.24, 2.45) is 0 Å². The fraction of sp³-hybridized carbons (Fsp3) is 0.409. The Kier molecular flexibility index (Phi) is 6.30. The zero-order valence-corrected chi connectivity index (χ0v) is 18.9. The van der Waals surface area contributed by atoms with Gasteiger partial charge in [0.25, 0.3) is 5.95 Å². The van der Waals surface area contributed by atoms with Gasteiger partial charge in [0.2, 0.25) is 5.91 Å². The molecule has 0 N–H and O–H groups in total. The average Bonchev–Trinajstić information content (AvgIpc) is 3.43. The molecular formula is C22H22FN9O3. The molecule has 4 heterocycles. The molecule has 0 radical (unpaired) electrons. The van der Waals surface area contributed by atoms with Gasteiger partial charge >= 0.3 is 0 Å². The van der Waals surface area contributed by atoms with Crippen LogP contribution in [0, 0.1) is 17.1 Å². The molecule has 13 heteroatoms. The summed E-state index contributed by atoms with van der Waals surface area (Å²) >= 11 is 0. The fourth-order valence-electron chi connectivity index (χ4n) is 4.37. The molecule has 5 rings (SSSR count). The lowest BCUT2D eigenvalue weighted by Crippen LogP contribution is -2.59. The van der Waals surface area contributed by atoms with E-state index in [-0.39, 0.29) is 29.7 Å². The number of fused-ring (bicyclic) bond motifs is 1. The molecule has 2 aliphatic heterocycles. The number of tetrazole rings is 1. The molecule has 0 aliphatic carbocycles. The smallest absolute Gasteiger partial charge is 0.253 e. The summed E-state index contributed by atoms with van der Waals surface area (Å²) in [6, 6.07) is 4.76. The second-order valence-corrected chi connectivity index (χ2v) is 8.32. The Morgan fingerprint density at radius 2 is 2.11 bits per heavy atom. The van der Waals surface area contributed by atoms with E-state index in [1.54, 1.807) is 12.4 Å². The molecule has 12 nitrogen and oxygen atoms in total. The van der Waals surface area contributed by atoms with Crippen LogP contribution in [-0.4, -0.2) is 91.8 Å². The molecule has 0 spiro atoms. The number of halogens is 1. The van der Waals surface area contributed by atoms with E-state index in [1.807, 2.05) is 11.0 Å². The van der Waals surface area contributed by atoms with Crippen molar-refractivity contribution < 1.29 is 18.7 Å². The minimum Gasteiger partial charge on any atom is -0.495 e. The molecule has 2 fully saturated rings. The number of aromatic nitrogens is 6. The van der Waals surface area contributed by atoms with Crippen LogP contribution in [0.5, 0.6) is 5.75 Å². The first kappa shape index (κ1) is 22.8. The van der Waals surface area contributed by atoms with Crippen molar-refractivity contribution in [1.29, 1.82) is 5.26 Å². The highest BCUT2D eigenvalue weighted by molar-refractivity contribution is 5.78. The molecule has 2 atom stereocenters. The Balaban J connectivity index is 1.19. The molecule has 2 aromatic heterocycles. The molecule has 1 amide bonds. The van der Waals surface area contributed by atoms with Gasteiger partial charge in [0, 0.05) is 50.2 Å². The molecule has 2 saturated heterocycles. The van der Waals surface area contributed by atoms with E-state index in [0.717, 1.165) is 0 Å². The predicted octanol–water partition coefficient (Wildman–Crippen LogP) is 0.298. The lowest BCUT2D eigenvalue weighted by molar-refractivity contribution is -0.139. The van der Waals surface area contributed by atoms with Crippen LogP contribution in [0.15, 0.2) is 30.9 Å². The Morgan fingerprint density at radius 3 is 2.83 bits per heavy atom. The summed E-state index contributed by atoms with van der Waals surface area (Å²) < 4.78 is 27.1. The van der Waals surface area contributed by atoms with Gasteiger partial charge in [-0.25, -0.2) is 14.4 Å². The molecule has 180 valence electrons. The van der Waals surface area contributed by atoms with Gasteiger partial charge in [0.05, 0.1) is 37.8 Å². The quantitative estimate of drug-likeness (QED) is 0.503. The Bertz CT molecular complexity index is 1250. The number of amides is 1. The van der Waals surface area contributed by atoms with Gasteiger partial charge in [-0.3, -0.25) is 9.69 Å². The first-order chi connectivity index (χ1) is 17.1. The summed E-state index contributed by atoms with van der Waals surface area (Å²) in [5.41, 5.74) is 1.29. The van der Waals surface area contributed by atoms with Crippen molar-refractivity contribution in [3.05, 3.63) is 53.4 Å². The summed E-state index contributed by atoms with van der Waals surface area (Å²) in [6.07, 6.45) is 4.25. The maximum atomic E-state index is 14.7. The van der Waals surface area contributed by atoms with Crippen molar-refractivity contribution in [3.8, 4) is 17.8 Å². The molecule has 3 aromatic rings. The van der Waals surface area contributed by atoms with E-state index in [9.17, 15) is 14.4 Å².